The molecule has 2 rings (SSSR count). The Morgan fingerprint density at radius 3 is 3.00 bits per heavy atom. The zero-order valence-corrected chi connectivity index (χ0v) is 13.0. The molecule has 1 fully saturated rings. The molecule has 1 amide bonds. The summed E-state index contributed by atoms with van der Waals surface area (Å²) in [6, 6.07) is 5.32. The van der Waals surface area contributed by atoms with Gasteiger partial charge < -0.3 is 15.4 Å². The molecule has 1 aliphatic rings. The molecule has 1 heterocycles. The number of nitrogens with zero attached hydrogens (tertiary/aromatic N) is 1. The maximum absolute atomic E-state index is 12.7. The van der Waals surface area contributed by atoms with Gasteiger partial charge >= 0.3 is 0 Å². The first-order chi connectivity index (χ1) is 9.63. The molecular weight excluding hydrogens is 296 g/mol. The number of ether oxygens (including phenoxy) is 1. The van der Waals surface area contributed by atoms with Crippen LogP contribution < -0.4 is 5.73 Å². The van der Waals surface area contributed by atoms with Gasteiger partial charge in [0.25, 0.3) is 5.91 Å². The molecule has 1 unspecified atom stereocenters. The van der Waals surface area contributed by atoms with Crippen LogP contribution in [-0.2, 0) is 4.74 Å². The Bertz CT molecular complexity index is 478. The van der Waals surface area contributed by atoms with Crippen LogP contribution in [0.4, 0.5) is 5.69 Å². The molecule has 1 aromatic carbocycles. The van der Waals surface area contributed by atoms with Crippen LogP contribution in [0, 0.1) is 0 Å². The fraction of sp³-hybridized carbons (Fsp3) is 0.500. The summed E-state index contributed by atoms with van der Waals surface area (Å²) in [6.45, 7) is 1.14. The summed E-state index contributed by atoms with van der Waals surface area (Å²) < 4.78 is 5.11. The quantitative estimate of drug-likeness (QED) is 0.849. The van der Waals surface area contributed by atoms with E-state index in [9.17, 15) is 4.79 Å². The van der Waals surface area contributed by atoms with Gasteiger partial charge in [-0.2, -0.15) is 11.8 Å². The number of hydrogen-bond acceptors (Lipinski definition) is 4. The number of nitrogen functional groups attached to an aromatic ring is 1. The van der Waals surface area contributed by atoms with E-state index in [1.807, 2.05) is 16.7 Å². The summed E-state index contributed by atoms with van der Waals surface area (Å²) in [5.41, 5.74) is 6.80. The second kappa shape index (κ2) is 7.20. The minimum absolute atomic E-state index is 0.00193. The summed E-state index contributed by atoms with van der Waals surface area (Å²) in [7, 11) is 1.65. The number of carbonyl (C=O) groups excluding carboxylic acids is 1. The lowest BCUT2D eigenvalue weighted by Gasteiger charge is -2.28. The third-order valence-electron chi connectivity index (χ3n) is 3.39. The van der Waals surface area contributed by atoms with E-state index in [2.05, 4.69) is 0 Å². The summed E-state index contributed by atoms with van der Waals surface area (Å²) in [6.07, 6.45) is 1.03. The van der Waals surface area contributed by atoms with Gasteiger partial charge in [-0.05, 0) is 30.4 Å². The van der Waals surface area contributed by atoms with Crippen LogP contribution in [-0.4, -0.2) is 48.6 Å². The van der Waals surface area contributed by atoms with E-state index < -0.39 is 0 Å². The van der Waals surface area contributed by atoms with Crippen LogP contribution in [0.3, 0.4) is 0 Å². The fourth-order valence-electron chi connectivity index (χ4n) is 2.25. The van der Waals surface area contributed by atoms with Crippen molar-refractivity contribution >= 4 is 35.0 Å². The molecule has 6 heteroatoms. The molecule has 1 atom stereocenters. The standard InChI is InChI=1S/C14H19ClN2O2S/c1-19-6-5-17(11-4-7-20-9-11)14(18)10-2-3-12(15)13(16)8-10/h2-3,8,11H,4-7,9,16H2,1H3. The van der Waals surface area contributed by atoms with E-state index >= 15 is 0 Å². The Morgan fingerprint density at radius 1 is 1.60 bits per heavy atom. The minimum atomic E-state index is -0.00193. The molecule has 0 radical (unpaired) electrons. The molecule has 1 aliphatic heterocycles. The van der Waals surface area contributed by atoms with Crippen molar-refractivity contribution in [1.29, 1.82) is 0 Å². The first kappa shape index (κ1) is 15.5. The Kier molecular flexibility index (Phi) is 5.57. The van der Waals surface area contributed by atoms with Crippen molar-refractivity contribution in [3.05, 3.63) is 28.8 Å². The Labute approximate surface area is 128 Å². The smallest absolute Gasteiger partial charge is 0.254 e. The third kappa shape index (κ3) is 3.59. The lowest BCUT2D eigenvalue weighted by atomic mass is 10.1. The van der Waals surface area contributed by atoms with E-state index in [1.54, 1.807) is 25.3 Å². The topological polar surface area (TPSA) is 55.6 Å². The number of halogens is 1. The van der Waals surface area contributed by atoms with Crippen molar-refractivity contribution in [3.8, 4) is 0 Å². The van der Waals surface area contributed by atoms with Crippen molar-refractivity contribution in [2.45, 2.75) is 12.5 Å². The van der Waals surface area contributed by atoms with Gasteiger partial charge in [-0.3, -0.25) is 4.79 Å². The lowest BCUT2D eigenvalue weighted by molar-refractivity contribution is 0.0625. The zero-order chi connectivity index (χ0) is 14.5. The number of methoxy groups -OCH3 is 1. The minimum Gasteiger partial charge on any atom is -0.398 e. The third-order valence-corrected chi connectivity index (χ3v) is 4.88. The molecule has 20 heavy (non-hydrogen) atoms. The number of nitrogens with two attached hydrogens (primary N) is 1. The van der Waals surface area contributed by atoms with Crippen LogP contribution in [0.1, 0.15) is 16.8 Å². The molecule has 1 saturated heterocycles. The number of benzene rings is 1. The van der Waals surface area contributed by atoms with Gasteiger partial charge in [0.15, 0.2) is 0 Å². The monoisotopic (exact) mass is 314 g/mol. The van der Waals surface area contributed by atoms with Gasteiger partial charge in [0.2, 0.25) is 0 Å². The van der Waals surface area contributed by atoms with Crippen molar-refractivity contribution in [2.24, 2.45) is 0 Å². The Hall–Kier alpha value is -0.910. The first-order valence-electron chi connectivity index (χ1n) is 6.56. The number of hydrogen-bond donors (Lipinski definition) is 1. The molecule has 110 valence electrons. The van der Waals surface area contributed by atoms with E-state index in [0.717, 1.165) is 17.9 Å². The number of carbonyl (C=O) groups is 1. The predicted octanol–water partition coefficient (Wildman–Crippen LogP) is 2.52. The SMILES string of the molecule is COCCN(C(=O)c1ccc(Cl)c(N)c1)C1CCSC1. The maximum atomic E-state index is 12.7. The van der Waals surface area contributed by atoms with Crippen LogP contribution >= 0.6 is 23.4 Å². The fourth-order valence-corrected chi connectivity index (χ4v) is 3.59. The van der Waals surface area contributed by atoms with Crippen LogP contribution in [0.15, 0.2) is 18.2 Å². The number of rotatable bonds is 5. The highest BCUT2D eigenvalue weighted by molar-refractivity contribution is 7.99. The summed E-state index contributed by atoms with van der Waals surface area (Å²) in [4.78, 5) is 14.6. The summed E-state index contributed by atoms with van der Waals surface area (Å²) in [5, 5.41) is 0.474. The molecule has 0 bridgehead atoms. The van der Waals surface area contributed by atoms with Crippen LogP contribution in [0.2, 0.25) is 5.02 Å². The second-order valence-electron chi connectivity index (χ2n) is 4.75. The van der Waals surface area contributed by atoms with E-state index in [1.165, 1.54) is 0 Å². The lowest BCUT2D eigenvalue weighted by Crippen LogP contribution is -2.42. The molecule has 0 saturated carbocycles. The Morgan fingerprint density at radius 2 is 2.40 bits per heavy atom. The number of amides is 1. The van der Waals surface area contributed by atoms with Gasteiger partial charge in [-0.15, -0.1) is 0 Å². The van der Waals surface area contributed by atoms with Gasteiger partial charge in [0.05, 0.1) is 17.3 Å². The largest absolute Gasteiger partial charge is 0.398 e. The maximum Gasteiger partial charge on any atom is 0.254 e. The Balaban J connectivity index is 2.17. The van der Waals surface area contributed by atoms with Crippen molar-refractivity contribution in [2.75, 3.05) is 37.5 Å². The molecule has 0 aliphatic carbocycles. The molecule has 0 aromatic heterocycles. The predicted molar refractivity (Wildman–Crippen MR) is 84.5 cm³/mol. The van der Waals surface area contributed by atoms with Crippen LogP contribution in [0.5, 0.6) is 0 Å². The van der Waals surface area contributed by atoms with Gasteiger partial charge in [0, 0.05) is 31.0 Å². The molecule has 4 nitrogen and oxygen atoms in total. The van der Waals surface area contributed by atoms with E-state index in [-0.39, 0.29) is 11.9 Å². The highest BCUT2D eigenvalue weighted by Gasteiger charge is 2.27. The first-order valence-corrected chi connectivity index (χ1v) is 8.09. The van der Waals surface area contributed by atoms with Gasteiger partial charge in [-0.1, -0.05) is 11.6 Å². The highest BCUT2D eigenvalue weighted by Crippen LogP contribution is 2.25. The van der Waals surface area contributed by atoms with Crippen molar-refractivity contribution < 1.29 is 9.53 Å². The molecule has 2 N–H and O–H groups in total. The zero-order valence-electron chi connectivity index (χ0n) is 11.5. The van der Waals surface area contributed by atoms with Crippen LogP contribution in [0.25, 0.3) is 0 Å². The average molecular weight is 315 g/mol. The average Bonchev–Trinajstić information content (AvgIpc) is 2.96. The summed E-state index contributed by atoms with van der Waals surface area (Å²) in [5.74, 6) is 2.08. The van der Waals surface area contributed by atoms with Gasteiger partial charge in [-0.25, -0.2) is 0 Å². The second-order valence-corrected chi connectivity index (χ2v) is 6.30. The molecular formula is C14H19ClN2O2S. The van der Waals surface area contributed by atoms with E-state index in [4.69, 9.17) is 22.1 Å². The van der Waals surface area contributed by atoms with Crippen molar-refractivity contribution in [3.63, 3.8) is 0 Å². The molecule has 0 spiro atoms. The van der Waals surface area contributed by atoms with Crippen molar-refractivity contribution in [1.82, 2.24) is 4.90 Å². The normalized spacial score (nSPS) is 18.2. The molecule has 1 aromatic rings. The number of thioether (sulfide) groups is 1. The van der Waals surface area contributed by atoms with E-state index in [0.29, 0.717) is 29.4 Å². The van der Waals surface area contributed by atoms with Gasteiger partial charge in [0.1, 0.15) is 0 Å². The highest BCUT2D eigenvalue weighted by atomic mass is 35.5. The number of anilines is 1. The summed E-state index contributed by atoms with van der Waals surface area (Å²) >= 11 is 7.78.